The maximum Gasteiger partial charge on any atom is 0.308 e. The molecule has 3 rings (SSSR count). The van der Waals surface area contributed by atoms with Crippen molar-refractivity contribution in [2.75, 3.05) is 27.9 Å². The summed E-state index contributed by atoms with van der Waals surface area (Å²) >= 11 is 0. The molecule has 2 aromatic carbocycles. The number of carbonyl (C=O) groups is 1. The van der Waals surface area contributed by atoms with E-state index in [-0.39, 0.29) is 13.3 Å². The average molecular weight is 362 g/mol. The summed E-state index contributed by atoms with van der Waals surface area (Å²) in [6.45, 7) is 0.691. The van der Waals surface area contributed by atoms with Gasteiger partial charge in [0, 0.05) is 15.0 Å². The molecule has 1 fully saturated rings. The van der Waals surface area contributed by atoms with Gasteiger partial charge in [-0.2, -0.15) is 0 Å². The molecule has 0 radical (unpaired) electrons. The average Bonchev–Trinajstić information content (AvgIpc) is 3.56. The first-order chi connectivity index (χ1) is 12.7. The van der Waals surface area contributed by atoms with Crippen molar-refractivity contribution in [3.8, 4) is 11.5 Å². The number of ether oxygens (including phenoxy) is 3. The van der Waals surface area contributed by atoms with Crippen LogP contribution in [0, 0.1) is 5.92 Å². The summed E-state index contributed by atoms with van der Waals surface area (Å²) in [6, 6.07) is 17.9. The van der Waals surface area contributed by atoms with Crippen molar-refractivity contribution < 1.29 is 25.5 Å². The fourth-order valence-electron chi connectivity index (χ4n) is 2.08. The highest BCUT2D eigenvalue weighted by atomic mass is 16.5. The zero-order chi connectivity index (χ0) is 19.2. The van der Waals surface area contributed by atoms with Gasteiger partial charge in [-0.05, 0) is 42.7 Å². The van der Waals surface area contributed by atoms with E-state index in [4.69, 9.17) is 14.6 Å². The topological polar surface area (TPSA) is 65.0 Å². The minimum absolute atomic E-state index is 0. The second-order valence-electron chi connectivity index (χ2n) is 5.56. The van der Waals surface area contributed by atoms with Crippen molar-refractivity contribution in [3.05, 3.63) is 60.2 Å². The smallest absolute Gasteiger partial charge is 0.308 e. The standard InChI is InChI=1S/C15H16O2.C5H8O2.CH4O.H2/c1-16-14-9-7-13(8-10-14)11-12-17-15-5-3-2-4-6-15;1-7-5(6)4-2-3-4;1-2;/h2-10H,11-12H2,1H3;4H,2-3H2,1H3;2H,1H3;1H. The molecule has 1 saturated carbocycles. The van der Waals surface area contributed by atoms with Crippen LogP contribution in [-0.4, -0.2) is 39.0 Å². The summed E-state index contributed by atoms with van der Waals surface area (Å²) in [5.41, 5.74) is 1.25. The third-order valence-electron chi connectivity index (χ3n) is 3.67. The van der Waals surface area contributed by atoms with Gasteiger partial charge in [0.25, 0.3) is 0 Å². The van der Waals surface area contributed by atoms with E-state index in [0.717, 1.165) is 37.9 Å². The van der Waals surface area contributed by atoms with Gasteiger partial charge in [0.1, 0.15) is 11.5 Å². The molecule has 0 bridgehead atoms. The van der Waals surface area contributed by atoms with Gasteiger partial charge in [0.05, 0.1) is 26.7 Å². The van der Waals surface area contributed by atoms with Crippen molar-refractivity contribution in [3.63, 3.8) is 0 Å². The number of para-hydroxylation sites is 1. The number of hydrogen-bond donors (Lipinski definition) is 1. The Morgan fingerprint density at radius 3 is 2.08 bits per heavy atom. The number of rotatable bonds is 6. The summed E-state index contributed by atoms with van der Waals surface area (Å²) in [4.78, 5) is 10.4. The van der Waals surface area contributed by atoms with Crippen LogP contribution in [0.2, 0.25) is 0 Å². The number of aliphatic hydroxyl groups excluding tert-OH is 1. The van der Waals surface area contributed by atoms with E-state index in [2.05, 4.69) is 16.9 Å². The quantitative estimate of drug-likeness (QED) is 0.793. The third kappa shape index (κ3) is 8.53. The lowest BCUT2D eigenvalue weighted by molar-refractivity contribution is -0.142. The Kier molecular flexibility index (Phi) is 10.6. The SMILES string of the molecule is CO.COC(=O)C1CC1.COc1ccc(CCOc2ccccc2)cc1.[HH]. The molecule has 144 valence electrons. The third-order valence-corrected chi connectivity index (χ3v) is 3.67. The lowest BCUT2D eigenvalue weighted by Crippen LogP contribution is -2.01. The lowest BCUT2D eigenvalue weighted by atomic mass is 10.1. The summed E-state index contributed by atoms with van der Waals surface area (Å²) in [5, 5.41) is 7.00. The van der Waals surface area contributed by atoms with E-state index < -0.39 is 0 Å². The van der Waals surface area contributed by atoms with Gasteiger partial charge in [-0.3, -0.25) is 4.79 Å². The molecular weight excluding hydrogens is 332 g/mol. The molecule has 0 heterocycles. The zero-order valence-corrected chi connectivity index (χ0v) is 15.7. The van der Waals surface area contributed by atoms with Crippen molar-refractivity contribution in [2.45, 2.75) is 19.3 Å². The monoisotopic (exact) mass is 362 g/mol. The number of methoxy groups -OCH3 is 2. The minimum atomic E-state index is -0.0417. The van der Waals surface area contributed by atoms with E-state index in [0.29, 0.717) is 6.61 Å². The Morgan fingerprint density at radius 2 is 1.62 bits per heavy atom. The van der Waals surface area contributed by atoms with E-state index in [1.165, 1.54) is 12.7 Å². The number of carbonyl (C=O) groups excluding carboxylic acids is 1. The first kappa shape index (κ1) is 21.5. The molecule has 0 spiro atoms. The highest BCUT2D eigenvalue weighted by Crippen LogP contribution is 2.29. The van der Waals surface area contributed by atoms with Gasteiger partial charge >= 0.3 is 5.97 Å². The predicted molar refractivity (Wildman–Crippen MR) is 104 cm³/mol. The predicted octanol–water partition coefficient (Wildman–Crippen LogP) is 3.74. The van der Waals surface area contributed by atoms with Crippen LogP contribution in [-0.2, 0) is 16.0 Å². The number of esters is 1. The molecule has 1 aliphatic rings. The Morgan fingerprint density at radius 1 is 1.00 bits per heavy atom. The maximum atomic E-state index is 10.4. The van der Waals surface area contributed by atoms with Gasteiger partial charge in [0.2, 0.25) is 0 Å². The largest absolute Gasteiger partial charge is 0.497 e. The van der Waals surface area contributed by atoms with Crippen LogP contribution in [0.4, 0.5) is 0 Å². The van der Waals surface area contributed by atoms with Gasteiger partial charge in [0.15, 0.2) is 0 Å². The normalized spacial score (nSPS) is 11.8. The summed E-state index contributed by atoms with van der Waals surface area (Å²) in [6.07, 6.45) is 2.97. The second kappa shape index (κ2) is 12.8. The molecule has 0 atom stereocenters. The van der Waals surface area contributed by atoms with Crippen molar-refractivity contribution in [1.82, 2.24) is 0 Å². The number of benzene rings is 2. The molecule has 5 heteroatoms. The van der Waals surface area contributed by atoms with Crippen molar-refractivity contribution in [2.24, 2.45) is 5.92 Å². The molecule has 0 aliphatic heterocycles. The molecule has 0 unspecified atom stereocenters. The van der Waals surface area contributed by atoms with Crippen LogP contribution in [0.1, 0.15) is 19.8 Å². The highest BCUT2D eigenvalue weighted by molar-refractivity contribution is 5.74. The first-order valence-corrected chi connectivity index (χ1v) is 8.56. The number of hydrogen-bond acceptors (Lipinski definition) is 5. The Hall–Kier alpha value is -2.53. The van der Waals surface area contributed by atoms with Crippen LogP contribution in [0.25, 0.3) is 0 Å². The summed E-state index contributed by atoms with van der Waals surface area (Å²) < 4.78 is 15.2. The molecule has 0 amide bonds. The molecule has 1 N–H and O–H groups in total. The van der Waals surface area contributed by atoms with Gasteiger partial charge in [-0.1, -0.05) is 30.3 Å². The first-order valence-electron chi connectivity index (χ1n) is 8.56. The second-order valence-corrected chi connectivity index (χ2v) is 5.56. The van der Waals surface area contributed by atoms with E-state index >= 15 is 0 Å². The highest BCUT2D eigenvalue weighted by Gasteiger charge is 2.30. The fraction of sp³-hybridized carbons (Fsp3) is 0.381. The van der Waals surface area contributed by atoms with Crippen LogP contribution >= 0.6 is 0 Å². The Bertz CT molecular complexity index is 612. The Labute approximate surface area is 157 Å². The van der Waals surface area contributed by atoms with E-state index in [1.54, 1.807) is 7.11 Å². The molecule has 0 saturated heterocycles. The maximum absolute atomic E-state index is 10.4. The van der Waals surface area contributed by atoms with Crippen LogP contribution < -0.4 is 9.47 Å². The zero-order valence-electron chi connectivity index (χ0n) is 15.7. The van der Waals surface area contributed by atoms with Gasteiger partial charge in [-0.25, -0.2) is 0 Å². The molecule has 2 aromatic rings. The molecule has 0 aromatic heterocycles. The minimum Gasteiger partial charge on any atom is -0.497 e. The van der Waals surface area contributed by atoms with Crippen molar-refractivity contribution in [1.29, 1.82) is 0 Å². The van der Waals surface area contributed by atoms with Crippen LogP contribution in [0.5, 0.6) is 11.5 Å². The number of aliphatic hydroxyl groups is 1. The van der Waals surface area contributed by atoms with Gasteiger partial charge < -0.3 is 19.3 Å². The summed E-state index contributed by atoms with van der Waals surface area (Å²) in [5.74, 6) is 2.02. The molecular formula is C21H30O5. The van der Waals surface area contributed by atoms with Crippen LogP contribution in [0.3, 0.4) is 0 Å². The molecule has 5 nitrogen and oxygen atoms in total. The van der Waals surface area contributed by atoms with E-state index in [1.807, 2.05) is 42.5 Å². The fourth-order valence-corrected chi connectivity index (χ4v) is 2.08. The van der Waals surface area contributed by atoms with Crippen LogP contribution in [0.15, 0.2) is 54.6 Å². The summed E-state index contributed by atoms with van der Waals surface area (Å²) in [7, 11) is 4.11. The lowest BCUT2D eigenvalue weighted by Gasteiger charge is -2.06. The molecule has 26 heavy (non-hydrogen) atoms. The van der Waals surface area contributed by atoms with Gasteiger partial charge in [-0.15, -0.1) is 0 Å². The molecule has 1 aliphatic carbocycles. The Balaban J connectivity index is 0.000000569. The van der Waals surface area contributed by atoms with Crippen molar-refractivity contribution >= 4 is 5.97 Å². The van der Waals surface area contributed by atoms with E-state index in [9.17, 15) is 4.79 Å².